The second-order valence-electron chi connectivity index (χ2n) is 12.2. The Labute approximate surface area is 281 Å². The smallest absolute Gasteiger partial charge is 0.160 e. The Bertz CT molecular complexity index is 2780. The molecule has 0 N–H and O–H groups in total. The normalized spacial score (nSPS) is 11.8. The molecule has 224 valence electrons. The Balaban J connectivity index is 1.14. The van der Waals surface area contributed by atoms with Gasteiger partial charge in [0.2, 0.25) is 0 Å². The number of rotatable bonds is 4. The summed E-state index contributed by atoms with van der Waals surface area (Å²) in [5.41, 5.74) is 10.1. The summed E-state index contributed by atoms with van der Waals surface area (Å²) in [5, 5.41) is 6.13. The van der Waals surface area contributed by atoms with Crippen molar-refractivity contribution in [2.24, 2.45) is 0 Å². The number of nitrogens with zero attached hydrogens (tertiary/aromatic N) is 3. The van der Waals surface area contributed by atoms with E-state index in [-0.39, 0.29) is 0 Å². The van der Waals surface area contributed by atoms with Gasteiger partial charge in [0.05, 0.1) is 26.9 Å². The maximum absolute atomic E-state index is 5.18. The highest BCUT2D eigenvalue weighted by Gasteiger charge is 2.19. The number of para-hydroxylation sites is 2. The van der Waals surface area contributed by atoms with Gasteiger partial charge in [-0.15, -0.1) is 11.3 Å². The summed E-state index contributed by atoms with van der Waals surface area (Å²) < 4.78 is 4.72. The lowest BCUT2D eigenvalue weighted by molar-refractivity contribution is 1.19. The summed E-state index contributed by atoms with van der Waals surface area (Å²) in [6.45, 7) is 0. The van der Waals surface area contributed by atoms with Gasteiger partial charge in [-0.25, -0.2) is 9.97 Å². The maximum Gasteiger partial charge on any atom is 0.160 e. The average Bonchev–Trinajstić information content (AvgIpc) is 3.71. The molecule has 7 aromatic carbocycles. The van der Waals surface area contributed by atoms with Gasteiger partial charge in [-0.1, -0.05) is 133 Å². The zero-order chi connectivity index (χ0) is 31.6. The van der Waals surface area contributed by atoms with E-state index in [1.165, 1.54) is 54.1 Å². The van der Waals surface area contributed by atoms with Crippen molar-refractivity contribution in [3.63, 3.8) is 0 Å². The zero-order valence-corrected chi connectivity index (χ0v) is 26.7. The Hall–Kier alpha value is -6.10. The Kier molecular flexibility index (Phi) is 6.05. The van der Waals surface area contributed by atoms with E-state index in [1.54, 1.807) is 11.3 Å². The lowest BCUT2D eigenvalue weighted by atomic mass is 9.99. The quantitative estimate of drug-likeness (QED) is 0.194. The summed E-state index contributed by atoms with van der Waals surface area (Å²) in [7, 11) is 0. The van der Waals surface area contributed by atoms with Crippen LogP contribution in [0.5, 0.6) is 0 Å². The molecule has 0 aliphatic rings. The zero-order valence-electron chi connectivity index (χ0n) is 25.8. The molecule has 10 rings (SSSR count). The molecule has 0 unspecified atom stereocenters. The third kappa shape index (κ3) is 4.20. The molecule has 3 aromatic heterocycles. The van der Waals surface area contributed by atoms with E-state index in [4.69, 9.17) is 9.97 Å². The van der Waals surface area contributed by atoms with Crippen molar-refractivity contribution in [2.45, 2.75) is 0 Å². The molecular weight excluding hydrogens is 603 g/mol. The molecule has 0 bridgehead atoms. The molecule has 0 aliphatic heterocycles. The molecule has 3 heterocycles. The Morgan fingerprint density at radius 1 is 0.438 bits per heavy atom. The van der Waals surface area contributed by atoms with E-state index >= 15 is 0 Å². The van der Waals surface area contributed by atoms with Gasteiger partial charge >= 0.3 is 0 Å². The van der Waals surface area contributed by atoms with Crippen molar-refractivity contribution in [1.29, 1.82) is 0 Å². The van der Waals surface area contributed by atoms with Gasteiger partial charge in [0.25, 0.3) is 0 Å². The molecular formula is C44H27N3S. The van der Waals surface area contributed by atoms with Crippen LogP contribution >= 0.6 is 11.3 Å². The van der Waals surface area contributed by atoms with E-state index in [1.807, 2.05) is 18.2 Å². The standard InChI is InChI=1S/C44H27N3S/c1-3-12-28(13-4-1)40-43-41(46-44(45-40)29-14-5-2-6-15-29)37-19-11-18-34(42(37)48-43)32-23-22-31-27-33(25-24-30(31)26-32)47-38-20-9-7-16-35(38)36-17-8-10-21-39(36)47/h1-27H. The summed E-state index contributed by atoms with van der Waals surface area (Å²) in [5.74, 6) is 0.747. The highest BCUT2D eigenvalue weighted by Crippen LogP contribution is 2.44. The highest BCUT2D eigenvalue weighted by molar-refractivity contribution is 7.26. The number of hydrogen-bond acceptors (Lipinski definition) is 3. The molecule has 0 amide bonds. The van der Waals surface area contributed by atoms with Crippen molar-refractivity contribution in [2.75, 3.05) is 0 Å². The van der Waals surface area contributed by atoms with Crippen LogP contribution < -0.4 is 0 Å². The summed E-state index contributed by atoms with van der Waals surface area (Å²) >= 11 is 1.79. The summed E-state index contributed by atoms with van der Waals surface area (Å²) in [6, 6.07) is 58.3. The van der Waals surface area contributed by atoms with Crippen molar-refractivity contribution in [1.82, 2.24) is 14.5 Å². The molecule has 4 heteroatoms. The monoisotopic (exact) mass is 629 g/mol. The predicted molar refractivity (Wildman–Crippen MR) is 203 cm³/mol. The first-order valence-electron chi connectivity index (χ1n) is 16.2. The van der Waals surface area contributed by atoms with Crippen LogP contribution in [0.2, 0.25) is 0 Å². The molecule has 0 fully saturated rings. The third-order valence-electron chi connectivity index (χ3n) is 9.39. The van der Waals surface area contributed by atoms with Crippen LogP contribution in [0.25, 0.3) is 92.3 Å². The molecule has 0 spiro atoms. The molecule has 0 saturated heterocycles. The van der Waals surface area contributed by atoms with Crippen LogP contribution in [0, 0.1) is 0 Å². The minimum atomic E-state index is 0.747. The number of hydrogen-bond donors (Lipinski definition) is 0. The van der Waals surface area contributed by atoms with E-state index < -0.39 is 0 Å². The highest BCUT2D eigenvalue weighted by atomic mass is 32.1. The third-order valence-corrected chi connectivity index (χ3v) is 10.6. The van der Waals surface area contributed by atoms with Crippen molar-refractivity contribution >= 4 is 64.2 Å². The van der Waals surface area contributed by atoms with Crippen LogP contribution in [0.4, 0.5) is 0 Å². The van der Waals surface area contributed by atoms with Crippen molar-refractivity contribution < 1.29 is 0 Å². The number of benzene rings is 7. The minimum absolute atomic E-state index is 0.747. The minimum Gasteiger partial charge on any atom is -0.309 e. The predicted octanol–water partition coefficient (Wildman–Crippen LogP) is 12.1. The topological polar surface area (TPSA) is 30.7 Å². The van der Waals surface area contributed by atoms with Gasteiger partial charge in [-0.2, -0.15) is 0 Å². The van der Waals surface area contributed by atoms with Crippen molar-refractivity contribution in [3.05, 3.63) is 164 Å². The van der Waals surface area contributed by atoms with Crippen LogP contribution in [-0.2, 0) is 0 Å². The average molecular weight is 630 g/mol. The molecule has 10 aromatic rings. The molecule has 3 nitrogen and oxygen atoms in total. The summed E-state index contributed by atoms with van der Waals surface area (Å²) in [4.78, 5) is 10.3. The molecule has 0 radical (unpaired) electrons. The van der Waals surface area contributed by atoms with Gasteiger partial charge in [-0.3, -0.25) is 0 Å². The van der Waals surface area contributed by atoms with Crippen LogP contribution in [0.3, 0.4) is 0 Å². The van der Waals surface area contributed by atoms with Gasteiger partial charge < -0.3 is 4.57 Å². The van der Waals surface area contributed by atoms with Gasteiger partial charge in [0.15, 0.2) is 5.82 Å². The molecule has 0 atom stereocenters. The molecule has 0 saturated carbocycles. The first kappa shape index (κ1) is 27.1. The van der Waals surface area contributed by atoms with E-state index in [2.05, 4.69) is 150 Å². The van der Waals surface area contributed by atoms with Crippen LogP contribution in [-0.4, -0.2) is 14.5 Å². The largest absolute Gasteiger partial charge is 0.309 e. The lowest BCUT2D eigenvalue weighted by Crippen LogP contribution is -1.93. The fourth-order valence-corrected chi connectivity index (χ4v) is 8.43. The lowest BCUT2D eigenvalue weighted by Gasteiger charge is -2.11. The van der Waals surface area contributed by atoms with Gasteiger partial charge in [0, 0.05) is 37.7 Å². The maximum atomic E-state index is 5.18. The van der Waals surface area contributed by atoms with Crippen LogP contribution in [0.1, 0.15) is 0 Å². The Morgan fingerprint density at radius 3 is 1.81 bits per heavy atom. The fraction of sp³-hybridized carbons (Fsp3) is 0. The van der Waals surface area contributed by atoms with E-state index in [0.717, 1.165) is 38.2 Å². The molecule has 48 heavy (non-hydrogen) atoms. The van der Waals surface area contributed by atoms with Gasteiger partial charge in [-0.05, 0) is 52.2 Å². The SMILES string of the molecule is c1ccc(-c2nc(-c3ccccc3)c3sc4c(-c5ccc6cc(-n7c8ccccc8c8ccccc87)ccc6c5)cccc4c3n2)cc1. The fourth-order valence-electron chi connectivity index (χ4n) is 7.14. The number of thiophene rings is 1. The van der Waals surface area contributed by atoms with Crippen LogP contribution in [0.15, 0.2) is 164 Å². The molecule has 0 aliphatic carbocycles. The number of fused-ring (bicyclic) bond motifs is 7. The van der Waals surface area contributed by atoms with Gasteiger partial charge in [0.1, 0.15) is 0 Å². The first-order chi connectivity index (χ1) is 23.8. The van der Waals surface area contributed by atoms with E-state index in [9.17, 15) is 0 Å². The van der Waals surface area contributed by atoms with E-state index in [0.29, 0.717) is 0 Å². The summed E-state index contributed by atoms with van der Waals surface area (Å²) in [6.07, 6.45) is 0. The number of aromatic nitrogens is 3. The second-order valence-corrected chi connectivity index (χ2v) is 13.2. The second kappa shape index (κ2) is 10.7. The first-order valence-corrected chi connectivity index (χ1v) is 17.0. The Morgan fingerprint density at radius 2 is 1.06 bits per heavy atom. The van der Waals surface area contributed by atoms with Crippen molar-refractivity contribution in [3.8, 4) is 39.5 Å².